The van der Waals surface area contributed by atoms with Gasteiger partial charge in [-0.1, -0.05) is 5.16 Å². The number of nitrogens with zero attached hydrogens (tertiary/aromatic N) is 2. The molecule has 0 fully saturated rings. The van der Waals surface area contributed by atoms with Crippen LogP contribution in [0.15, 0.2) is 47.0 Å². The summed E-state index contributed by atoms with van der Waals surface area (Å²) >= 11 is 0. The van der Waals surface area contributed by atoms with E-state index in [1.165, 1.54) is 24.3 Å². The van der Waals surface area contributed by atoms with Crippen molar-refractivity contribution >= 4 is 11.8 Å². The van der Waals surface area contributed by atoms with Gasteiger partial charge in [-0.3, -0.25) is 9.59 Å². The van der Waals surface area contributed by atoms with Crippen molar-refractivity contribution in [3.8, 4) is 22.9 Å². The van der Waals surface area contributed by atoms with Gasteiger partial charge in [0.1, 0.15) is 5.82 Å². The third-order valence-corrected chi connectivity index (χ3v) is 4.05. The predicted octanol–water partition coefficient (Wildman–Crippen LogP) is 1.76. The summed E-state index contributed by atoms with van der Waals surface area (Å²) in [4.78, 5) is 28.2. The number of hydrogen-bond acceptors (Lipinski definition) is 7. The molecule has 0 atom stereocenters. The maximum Gasteiger partial charge on any atom is 0.316 e. The molecule has 2 aromatic carbocycles. The first-order valence-corrected chi connectivity index (χ1v) is 8.66. The summed E-state index contributed by atoms with van der Waals surface area (Å²) in [6.45, 7) is 0.479. The van der Waals surface area contributed by atoms with Gasteiger partial charge >= 0.3 is 11.8 Å². The molecule has 29 heavy (non-hydrogen) atoms. The SMILES string of the molecule is O=C(NCCNC(=O)c1nc(-c2ccc(F)cc2)no1)c1ccc2c(c1)OCO2. The first kappa shape index (κ1) is 18.4. The monoisotopic (exact) mass is 398 g/mol. The Hall–Kier alpha value is -3.95. The molecular formula is C19H15FN4O5. The second-order valence-corrected chi connectivity index (χ2v) is 6.01. The molecule has 2 N–H and O–H groups in total. The lowest BCUT2D eigenvalue weighted by molar-refractivity contribution is 0.0898. The highest BCUT2D eigenvalue weighted by Gasteiger charge is 2.17. The fraction of sp³-hybridized carbons (Fsp3) is 0.158. The smallest absolute Gasteiger partial charge is 0.316 e. The van der Waals surface area contributed by atoms with E-state index in [2.05, 4.69) is 20.8 Å². The fourth-order valence-electron chi connectivity index (χ4n) is 2.60. The average Bonchev–Trinajstić information content (AvgIpc) is 3.40. The van der Waals surface area contributed by atoms with Crippen molar-refractivity contribution < 1.29 is 28.0 Å². The molecule has 148 valence electrons. The highest BCUT2D eigenvalue weighted by molar-refractivity contribution is 5.95. The van der Waals surface area contributed by atoms with Gasteiger partial charge in [0.15, 0.2) is 11.5 Å². The molecule has 3 aromatic rings. The fourth-order valence-corrected chi connectivity index (χ4v) is 2.60. The zero-order chi connectivity index (χ0) is 20.2. The maximum absolute atomic E-state index is 13.0. The second kappa shape index (κ2) is 7.97. The van der Waals surface area contributed by atoms with Crippen LogP contribution in [0.2, 0.25) is 0 Å². The van der Waals surface area contributed by atoms with E-state index in [1.54, 1.807) is 18.2 Å². The van der Waals surface area contributed by atoms with Crippen molar-refractivity contribution in [2.75, 3.05) is 19.9 Å². The van der Waals surface area contributed by atoms with Gasteiger partial charge < -0.3 is 24.6 Å². The molecule has 10 heteroatoms. The molecule has 0 aliphatic carbocycles. The van der Waals surface area contributed by atoms with Crippen LogP contribution in [0.5, 0.6) is 11.5 Å². The van der Waals surface area contributed by atoms with Gasteiger partial charge in [-0.2, -0.15) is 4.98 Å². The normalized spacial score (nSPS) is 11.9. The average molecular weight is 398 g/mol. The number of halogens is 1. The van der Waals surface area contributed by atoms with Crippen molar-refractivity contribution in [3.05, 3.63) is 59.7 Å². The number of hydrogen-bond donors (Lipinski definition) is 2. The minimum Gasteiger partial charge on any atom is -0.454 e. The summed E-state index contributed by atoms with van der Waals surface area (Å²) in [6.07, 6.45) is 0. The van der Waals surface area contributed by atoms with Crippen LogP contribution < -0.4 is 20.1 Å². The van der Waals surface area contributed by atoms with Crippen LogP contribution in [0.3, 0.4) is 0 Å². The topological polar surface area (TPSA) is 116 Å². The van der Waals surface area contributed by atoms with Crippen LogP contribution in [0.25, 0.3) is 11.4 Å². The molecule has 9 nitrogen and oxygen atoms in total. The summed E-state index contributed by atoms with van der Waals surface area (Å²) in [7, 11) is 0. The Bertz CT molecular complexity index is 1050. The molecule has 0 radical (unpaired) electrons. The highest BCUT2D eigenvalue weighted by Crippen LogP contribution is 2.32. The number of carbonyl (C=O) groups excluding carboxylic acids is 2. The molecule has 0 saturated carbocycles. The molecule has 0 bridgehead atoms. The van der Waals surface area contributed by atoms with Gasteiger partial charge in [0.25, 0.3) is 5.91 Å². The van der Waals surface area contributed by atoms with Gasteiger partial charge in [0, 0.05) is 24.2 Å². The third kappa shape index (κ3) is 4.15. The lowest BCUT2D eigenvalue weighted by atomic mass is 10.2. The molecule has 0 spiro atoms. The molecule has 1 aliphatic rings. The van der Waals surface area contributed by atoms with E-state index in [1.807, 2.05) is 0 Å². The molecular weight excluding hydrogens is 383 g/mol. The van der Waals surface area contributed by atoms with Gasteiger partial charge in [0.05, 0.1) is 0 Å². The van der Waals surface area contributed by atoms with Crippen molar-refractivity contribution in [2.45, 2.75) is 0 Å². The minimum atomic E-state index is -0.580. The summed E-state index contributed by atoms with van der Waals surface area (Å²) in [5, 5.41) is 8.95. The standard InChI is InChI=1S/C19H15FN4O5/c20-13-4-1-11(2-5-13)16-23-19(29-24-16)18(26)22-8-7-21-17(25)12-3-6-14-15(9-12)28-10-27-14/h1-6,9H,7-8,10H2,(H,21,25)(H,22,26). The summed E-state index contributed by atoms with van der Waals surface area (Å²) in [5.74, 6) is -0.236. The number of aromatic nitrogens is 2. The Morgan fingerprint density at radius 1 is 0.966 bits per heavy atom. The van der Waals surface area contributed by atoms with Gasteiger partial charge in [-0.25, -0.2) is 4.39 Å². The molecule has 0 saturated heterocycles. The van der Waals surface area contributed by atoms with Crippen LogP contribution in [0.1, 0.15) is 21.0 Å². The molecule has 1 aromatic heterocycles. The van der Waals surface area contributed by atoms with Crippen LogP contribution in [0.4, 0.5) is 4.39 Å². The Morgan fingerprint density at radius 2 is 1.69 bits per heavy atom. The first-order chi connectivity index (χ1) is 14.1. The zero-order valence-electron chi connectivity index (χ0n) is 15.0. The lowest BCUT2D eigenvalue weighted by Crippen LogP contribution is -2.34. The van der Waals surface area contributed by atoms with E-state index in [4.69, 9.17) is 14.0 Å². The lowest BCUT2D eigenvalue weighted by Gasteiger charge is -2.06. The van der Waals surface area contributed by atoms with Gasteiger partial charge in [-0.05, 0) is 42.5 Å². The van der Waals surface area contributed by atoms with Crippen LogP contribution in [0, 0.1) is 5.82 Å². The van der Waals surface area contributed by atoms with Gasteiger partial charge in [-0.15, -0.1) is 0 Å². The van der Waals surface area contributed by atoms with Crippen molar-refractivity contribution in [2.24, 2.45) is 0 Å². The molecule has 2 amide bonds. The number of carbonyl (C=O) groups is 2. The molecule has 2 heterocycles. The summed E-state index contributed by atoms with van der Waals surface area (Å²) in [6, 6.07) is 10.3. The van der Waals surface area contributed by atoms with Crippen LogP contribution in [-0.4, -0.2) is 41.8 Å². The van der Waals surface area contributed by atoms with E-state index in [0.29, 0.717) is 22.6 Å². The third-order valence-electron chi connectivity index (χ3n) is 4.05. The van der Waals surface area contributed by atoms with E-state index in [0.717, 1.165) is 0 Å². The number of rotatable bonds is 6. The van der Waals surface area contributed by atoms with E-state index < -0.39 is 11.7 Å². The van der Waals surface area contributed by atoms with E-state index >= 15 is 0 Å². The molecule has 0 unspecified atom stereocenters. The Balaban J connectivity index is 1.26. The predicted molar refractivity (Wildman–Crippen MR) is 96.9 cm³/mol. The highest BCUT2D eigenvalue weighted by atomic mass is 19.1. The number of benzene rings is 2. The molecule has 4 rings (SSSR count). The Labute approximate surface area is 163 Å². The van der Waals surface area contributed by atoms with Crippen molar-refractivity contribution in [3.63, 3.8) is 0 Å². The summed E-state index contributed by atoms with van der Waals surface area (Å²) < 4.78 is 28.3. The van der Waals surface area contributed by atoms with Crippen LogP contribution >= 0.6 is 0 Å². The number of fused-ring (bicyclic) bond motifs is 1. The van der Waals surface area contributed by atoms with E-state index in [9.17, 15) is 14.0 Å². The maximum atomic E-state index is 13.0. The largest absolute Gasteiger partial charge is 0.454 e. The Morgan fingerprint density at radius 3 is 2.48 bits per heavy atom. The quantitative estimate of drug-likeness (QED) is 0.608. The minimum absolute atomic E-state index is 0.130. The molecule has 1 aliphatic heterocycles. The van der Waals surface area contributed by atoms with Crippen LogP contribution in [-0.2, 0) is 0 Å². The number of ether oxygens (including phenoxy) is 2. The van der Waals surface area contributed by atoms with E-state index in [-0.39, 0.29) is 37.5 Å². The van der Waals surface area contributed by atoms with Crippen molar-refractivity contribution in [1.29, 1.82) is 0 Å². The summed E-state index contributed by atoms with van der Waals surface area (Å²) in [5.41, 5.74) is 0.937. The number of amides is 2. The second-order valence-electron chi connectivity index (χ2n) is 6.01. The first-order valence-electron chi connectivity index (χ1n) is 8.66. The van der Waals surface area contributed by atoms with Gasteiger partial charge in [0.2, 0.25) is 12.6 Å². The zero-order valence-corrected chi connectivity index (χ0v) is 15.0. The number of nitrogens with one attached hydrogen (secondary N) is 2. The Kier molecular flexibility index (Phi) is 5.06. The van der Waals surface area contributed by atoms with Crippen molar-refractivity contribution in [1.82, 2.24) is 20.8 Å².